The first-order valence-electron chi connectivity index (χ1n) is 15.0. The standard InChI is InChI=1S/C39H39NO3S2/c1-27-17-20-32(23-28(27)2)40-38(43-33-21-18-31(19-22-33)29(3)30-11-7-6-8-12-30)26-39(44-36-15-9-13-34(24-36)41-4)45-37-16-10-14-35(25-37)42-5/h6-25,29,39H,26H2,1-5H3. The van der Waals surface area contributed by atoms with E-state index in [4.69, 9.17) is 19.2 Å². The molecular formula is C39H39NO3S2. The smallest absolute Gasteiger partial charge is 0.197 e. The summed E-state index contributed by atoms with van der Waals surface area (Å²) in [6.45, 7) is 6.46. The van der Waals surface area contributed by atoms with E-state index < -0.39 is 0 Å². The van der Waals surface area contributed by atoms with E-state index in [0.29, 0.717) is 12.3 Å². The fourth-order valence-electron chi connectivity index (χ4n) is 4.85. The van der Waals surface area contributed by atoms with Gasteiger partial charge >= 0.3 is 0 Å². The number of rotatable bonds is 12. The minimum atomic E-state index is 0.0480. The van der Waals surface area contributed by atoms with Gasteiger partial charge in [0.05, 0.1) is 24.5 Å². The summed E-state index contributed by atoms with van der Waals surface area (Å²) in [6.07, 6.45) is 0.582. The first kappa shape index (κ1) is 32.3. The van der Waals surface area contributed by atoms with Crippen LogP contribution in [0.1, 0.15) is 41.5 Å². The molecule has 45 heavy (non-hydrogen) atoms. The van der Waals surface area contributed by atoms with Gasteiger partial charge < -0.3 is 14.2 Å². The van der Waals surface area contributed by atoms with Crippen LogP contribution in [-0.2, 0) is 0 Å². The van der Waals surface area contributed by atoms with Crippen molar-refractivity contribution in [3.8, 4) is 17.2 Å². The van der Waals surface area contributed by atoms with Crippen molar-refractivity contribution in [1.29, 1.82) is 0 Å². The van der Waals surface area contributed by atoms with Gasteiger partial charge in [-0.3, -0.25) is 0 Å². The van der Waals surface area contributed by atoms with Crippen molar-refractivity contribution in [2.75, 3.05) is 14.2 Å². The number of hydrogen-bond acceptors (Lipinski definition) is 6. The van der Waals surface area contributed by atoms with Crippen LogP contribution in [-0.4, -0.2) is 24.7 Å². The molecule has 0 bridgehead atoms. The van der Waals surface area contributed by atoms with Crippen molar-refractivity contribution >= 4 is 35.1 Å². The zero-order chi connectivity index (χ0) is 31.6. The molecule has 0 amide bonds. The molecule has 1 unspecified atom stereocenters. The largest absolute Gasteiger partial charge is 0.497 e. The van der Waals surface area contributed by atoms with E-state index in [1.54, 1.807) is 37.7 Å². The van der Waals surface area contributed by atoms with Crippen LogP contribution in [0.2, 0.25) is 0 Å². The molecule has 5 aromatic carbocycles. The van der Waals surface area contributed by atoms with E-state index in [1.165, 1.54) is 22.3 Å². The van der Waals surface area contributed by atoms with Crippen molar-refractivity contribution in [2.24, 2.45) is 4.99 Å². The maximum atomic E-state index is 6.60. The van der Waals surface area contributed by atoms with Crippen LogP contribution < -0.4 is 14.2 Å². The number of hydrogen-bond donors (Lipinski definition) is 0. The number of aryl methyl sites for hydroxylation is 2. The molecule has 0 aliphatic heterocycles. The monoisotopic (exact) mass is 633 g/mol. The summed E-state index contributed by atoms with van der Waals surface area (Å²) in [7, 11) is 3.39. The van der Waals surface area contributed by atoms with Crippen LogP contribution in [0, 0.1) is 13.8 Å². The summed E-state index contributed by atoms with van der Waals surface area (Å²) in [4.78, 5) is 7.29. The van der Waals surface area contributed by atoms with Crippen molar-refractivity contribution in [1.82, 2.24) is 0 Å². The minimum absolute atomic E-state index is 0.0480. The third-order valence-electron chi connectivity index (χ3n) is 7.62. The van der Waals surface area contributed by atoms with Crippen LogP contribution >= 0.6 is 23.5 Å². The third kappa shape index (κ3) is 9.19. The molecule has 0 heterocycles. The Morgan fingerprint density at radius 2 is 1.22 bits per heavy atom. The molecule has 6 heteroatoms. The Labute approximate surface area is 275 Å². The highest BCUT2D eigenvalue weighted by atomic mass is 32.2. The molecule has 1 atom stereocenters. The van der Waals surface area contributed by atoms with Crippen molar-refractivity contribution in [2.45, 2.75) is 47.5 Å². The lowest BCUT2D eigenvalue weighted by Gasteiger charge is -2.19. The van der Waals surface area contributed by atoms with E-state index >= 15 is 0 Å². The summed E-state index contributed by atoms with van der Waals surface area (Å²) in [6, 6.07) is 41.6. The van der Waals surface area contributed by atoms with Gasteiger partial charge in [0, 0.05) is 22.1 Å². The van der Waals surface area contributed by atoms with E-state index in [9.17, 15) is 0 Å². The average molecular weight is 634 g/mol. The number of ether oxygens (including phenoxy) is 3. The van der Waals surface area contributed by atoms with Crippen LogP contribution in [0.15, 0.2) is 136 Å². The predicted octanol–water partition coefficient (Wildman–Crippen LogP) is 10.9. The van der Waals surface area contributed by atoms with Crippen LogP contribution in [0.4, 0.5) is 5.69 Å². The molecule has 0 aromatic heterocycles. The van der Waals surface area contributed by atoms with Gasteiger partial charge in [0.25, 0.3) is 0 Å². The zero-order valence-electron chi connectivity index (χ0n) is 26.4. The topological polar surface area (TPSA) is 40.0 Å². The Kier molecular flexibility index (Phi) is 11.3. The third-order valence-corrected chi connectivity index (χ3v) is 10.1. The highest BCUT2D eigenvalue weighted by molar-refractivity contribution is 8.17. The molecule has 230 valence electrons. The second kappa shape index (κ2) is 15.7. The lowest BCUT2D eigenvalue weighted by molar-refractivity contribution is 0.413. The second-order valence-electron chi connectivity index (χ2n) is 10.8. The van der Waals surface area contributed by atoms with E-state index in [0.717, 1.165) is 32.7 Å². The van der Waals surface area contributed by atoms with Gasteiger partial charge in [-0.25, -0.2) is 4.99 Å². The predicted molar refractivity (Wildman–Crippen MR) is 190 cm³/mol. The highest BCUT2D eigenvalue weighted by Crippen LogP contribution is 2.40. The summed E-state index contributed by atoms with van der Waals surface area (Å²) in [5.74, 6) is 3.35. The summed E-state index contributed by atoms with van der Waals surface area (Å²) in [5.41, 5.74) is 5.83. The van der Waals surface area contributed by atoms with Gasteiger partial charge in [0.1, 0.15) is 17.2 Å². The van der Waals surface area contributed by atoms with Crippen molar-refractivity contribution in [3.63, 3.8) is 0 Å². The second-order valence-corrected chi connectivity index (χ2v) is 13.7. The van der Waals surface area contributed by atoms with Gasteiger partial charge in [-0.2, -0.15) is 0 Å². The molecule has 5 rings (SSSR count). The van der Waals surface area contributed by atoms with Gasteiger partial charge in [-0.15, -0.1) is 23.5 Å². The molecule has 0 fully saturated rings. The number of benzene rings is 5. The molecule has 0 radical (unpaired) electrons. The Bertz CT molecular complexity index is 1670. The van der Waals surface area contributed by atoms with E-state index in [2.05, 4.69) is 106 Å². The lowest BCUT2D eigenvalue weighted by atomic mass is 9.93. The molecule has 0 spiro atoms. The normalized spacial score (nSPS) is 12.2. The van der Waals surface area contributed by atoms with E-state index in [1.807, 2.05) is 36.4 Å². The molecule has 5 aromatic rings. The SMILES string of the molecule is COc1cccc(SC(CC(=Nc2ccc(C)c(C)c2)Oc2ccc(C(C)c3ccccc3)cc2)Sc2cccc(OC)c2)c1. The Morgan fingerprint density at radius 1 is 0.622 bits per heavy atom. The van der Waals surface area contributed by atoms with Gasteiger partial charge in [-0.1, -0.05) is 67.6 Å². The average Bonchev–Trinajstić information content (AvgIpc) is 3.07. The maximum absolute atomic E-state index is 6.60. The molecular weight excluding hydrogens is 595 g/mol. The molecule has 0 saturated carbocycles. The number of thioether (sulfide) groups is 2. The molecule has 0 N–H and O–H groups in total. The molecule has 0 saturated heterocycles. The zero-order valence-corrected chi connectivity index (χ0v) is 28.0. The Morgan fingerprint density at radius 3 is 1.80 bits per heavy atom. The van der Waals surface area contributed by atoms with Crippen molar-refractivity contribution < 1.29 is 14.2 Å². The first-order valence-corrected chi connectivity index (χ1v) is 16.7. The quantitative estimate of drug-likeness (QED) is 0.0592. The van der Waals surface area contributed by atoms with Crippen LogP contribution in [0.3, 0.4) is 0 Å². The van der Waals surface area contributed by atoms with Gasteiger partial charge in [0.15, 0.2) is 5.90 Å². The van der Waals surface area contributed by atoms with E-state index in [-0.39, 0.29) is 10.5 Å². The number of methoxy groups -OCH3 is 2. The van der Waals surface area contributed by atoms with Gasteiger partial charge in [-0.05, 0) is 96.8 Å². The first-order chi connectivity index (χ1) is 21.9. The van der Waals surface area contributed by atoms with Gasteiger partial charge in [0.2, 0.25) is 0 Å². The van der Waals surface area contributed by atoms with Crippen LogP contribution in [0.25, 0.3) is 0 Å². The minimum Gasteiger partial charge on any atom is -0.497 e. The highest BCUT2D eigenvalue weighted by Gasteiger charge is 2.19. The summed E-state index contributed by atoms with van der Waals surface area (Å²) in [5, 5.41) is 0. The fourth-order valence-corrected chi connectivity index (χ4v) is 7.45. The molecule has 0 aliphatic carbocycles. The lowest BCUT2D eigenvalue weighted by Crippen LogP contribution is -2.14. The number of nitrogens with zero attached hydrogens (tertiary/aromatic N) is 1. The molecule has 4 nitrogen and oxygen atoms in total. The Hall–Kier alpha value is -4.13. The maximum Gasteiger partial charge on any atom is 0.197 e. The molecule has 0 aliphatic rings. The van der Waals surface area contributed by atoms with Crippen LogP contribution in [0.5, 0.6) is 17.2 Å². The summed E-state index contributed by atoms with van der Waals surface area (Å²) >= 11 is 3.53. The van der Waals surface area contributed by atoms with Crippen molar-refractivity contribution in [3.05, 3.63) is 144 Å². The Balaban J connectivity index is 1.45. The number of aliphatic imine (C=N–C) groups is 1. The fraction of sp³-hybridized carbons (Fsp3) is 0.205. The summed E-state index contributed by atoms with van der Waals surface area (Å²) < 4.78 is 17.7.